The highest BCUT2D eigenvalue weighted by molar-refractivity contribution is 7.92. The van der Waals surface area contributed by atoms with Crippen LogP contribution in [0.3, 0.4) is 0 Å². The van der Waals surface area contributed by atoms with Crippen LogP contribution >= 0.6 is 0 Å². The Morgan fingerprint density at radius 2 is 1.70 bits per heavy atom. The molecule has 2 aromatic carbocycles. The molecule has 0 heterocycles. The fourth-order valence-electron chi connectivity index (χ4n) is 2.05. The molecule has 0 radical (unpaired) electrons. The van der Waals surface area contributed by atoms with Crippen LogP contribution in [0.2, 0.25) is 0 Å². The zero-order chi connectivity index (χ0) is 17.2. The Bertz CT molecular complexity index is 800. The first kappa shape index (κ1) is 17.2. The molecule has 0 spiro atoms. The third-order valence-electron chi connectivity index (χ3n) is 3.34. The largest absolute Gasteiger partial charge is 0.495 e. The number of rotatable bonds is 5. The molecule has 0 saturated carbocycles. The first-order chi connectivity index (χ1) is 10.8. The summed E-state index contributed by atoms with van der Waals surface area (Å²) in [5, 5.41) is 0. The van der Waals surface area contributed by atoms with Crippen LogP contribution in [0, 0.1) is 11.6 Å². The van der Waals surface area contributed by atoms with Gasteiger partial charge in [0, 0.05) is 0 Å². The summed E-state index contributed by atoms with van der Waals surface area (Å²) in [7, 11) is -2.89. The average molecular weight is 341 g/mol. The molecule has 0 aliphatic rings. The van der Waals surface area contributed by atoms with Gasteiger partial charge in [-0.15, -0.1) is 0 Å². The Balaban J connectivity index is 2.53. The van der Waals surface area contributed by atoms with E-state index in [0.29, 0.717) is 0 Å². The molecule has 0 bridgehead atoms. The second-order valence-electron chi connectivity index (χ2n) is 5.27. The Kier molecular flexibility index (Phi) is 4.89. The topological polar surface area (TPSA) is 55.4 Å². The van der Waals surface area contributed by atoms with Crippen LogP contribution in [0.1, 0.15) is 25.3 Å². The van der Waals surface area contributed by atoms with Crippen molar-refractivity contribution in [3.8, 4) is 5.75 Å². The fourth-order valence-corrected chi connectivity index (χ4v) is 3.33. The van der Waals surface area contributed by atoms with Gasteiger partial charge in [-0.05, 0) is 35.7 Å². The molecular formula is C16H17F2NO3S. The van der Waals surface area contributed by atoms with Crippen molar-refractivity contribution in [2.24, 2.45) is 0 Å². The van der Waals surface area contributed by atoms with Gasteiger partial charge >= 0.3 is 0 Å². The van der Waals surface area contributed by atoms with E-state index in [0.717, 1.165) is 23.8 Å². The standard InChI is InChI=1S/C16H17F2NO3S/c1-10(2)11-7-8-14(22-3)15(9-11)23(20,21)19-16-12(17)5-4-6-13(16)18/h4-10,19H,1-3H3. The Morgan fingerprint density at radius 1 is 1.09 bits per heavy atom. The number of hydrogen-bond donors (Lipinski definition) is 1. The highest BCUT2D eigenvalue weighted by Gasteiger charge is 2.23. The smallest absolute Gasteiger partial charge is 0.265 e. The average Bonchev–Trinajstić information content (AvgIpc) is 2.50. The van der Waals surface area contributed by atoms with E-state index in [4.69, 9.17) is 4.74 Å². The first-order valence-corrected chi connectivity index (χ1v) is 8.39. The summed E-state index contributed by atoms with van der Waals surface area (Å²) in [4.78, 5) is -0.172. The van der Waals surface area contributed by atoms with Gasteiger partial charge in [-0.25, -0.2) is 17.2 Å². The molecule has 0 atom stereocenters. The summed E-state index contributed by atoms with van der Waals surface area (Å²) in [5.41, 5.74) is 0.0460. The van der Waals surface area contributed by atoms with E-state index in [1.54, 1.807) is 6.07 Å². The van der Waals surface area contributed by atoms with E-state index in [1.807, 2.05) is 18.6 Å². The second kappa shape index (κ2) is 6.54. The number of hydrogen-bond acceptors (Lipinski definition) is 3. The molecule has 23 heavy (non-hydrogen) atoms. The van der Waals surface area contributed by atoms with Gasteiger partial charge < -0.3 is 4.74 Å². The molecule has 0 unspecified atom stereocenters. The van der Waals surface area contributed by atoms with Gasteiger partial charge in [0.05, 0.1) is 7.11 Å². The lowest BCUT2D eigenvalue weighted by Crippen LogP contribution is -2.16. The summed E-state index contributed by atoms with van der Waals surface area (Å²) < 4.78 is 59.5. The van der Waals surface area contributed by atoms with E-state index in [9.17, 15) is 17.2 Å². The maximum absolute atomic E-state index is 13.7. The molecule has 124 valence electrons. The molecule has 0 aliphatic heterocycles. The molecule has 0 amide bonds. The summed E-state index contributed by atoms with van der Waals surface area (Å²) in [6.07, 6.45) is 0. The summed E-state index contributed by atoms with van der Waals surface area (Å²) in [6, 6.07) is 7.80. The van der Waals surface area contributed by atoms with Crippen molar-refractivity contribution < 1.29 is 21.9 Å². The molecule has 0 saturated heterocycles. The van der Waals surface area contributed by atoms with Gasteiger partial charge in [0.1, 0.15) is 28.0 Å². The number of sulfonamides is 1. The van der Waals surface area contributed by atoms with Crippen molar-refractivity contribution in [2.75, 3.05) is 11.8 Å². The number of nitrogens with one attached hydrogen (secondary N) is 1. The maximum Gasteiger partial charge on any atom is 0.265 e. The predicted molar refractivity (Wildman–Crippen MR) is 84.2 cm³/mol. The molecular weight excluding hydrogens is 324 g/mol. The van der Waals surface area contributed by atoms with Gasteiger partial charge in [-0.2, -0.15) is 0 Å². The monoisotopic (exact) mass is 341 g/mol. The highest BCUT2D eigenvalue weighted by Crippen LogP contribution is 2.30. The summed E-state index contributed by atoms with van der Waals surface area (Å²) in [6.45, 7) is 3.81. The minimum atomic E-state index is -4.21. The van der Waals surface area contributed by atoms with E-state index in [2.05, 4.69) is 0 Å². The van der Waals surface area contributed by atoms with Gasteiger partial charge in [0.25, 0.3) is 10.0 Å². The predicted octanol–water partition coefficient (Wildman–Crippen LogP) is 3.90. The zero-order valence-corrected chi connectivity index (χ0v) is 13.7. The van der Waals surface area contributed by atoms with Crippen LogP contribution in [0.25, 0.3) is 0 Å². The fraction of sp³-hybridized carbons (Fsp3) is 0.250. The Morgan fingerprint density at radius 3 is 2.22 bits per heavy atom. The minimum Gasteiger partial charge on any atom is -0.495 e. The van der Waals surface area contributed by atoms with Crippen LogP contribution in [0.15, 0.2) is 41.3 Å². The third-order valence-corrected chi connectivity index (χ3v) is 4.71. The van der Waals surface area contributed by atoms with E-state index in [-0.39, 0.29) is 16.6 Å². The second-order valence-corrected chi connectivity index (χ2v) is 6.92. The lowest BCUT2D eigenvalue weighted by molar-refractivity contribution is 0.402. The third kappa shape index (κ3) is 3.61. The van der Waals surface area contributed by atoms with Gasteiger partial charge in [0.2, 0.25) is 0 Å². The van der Waals surface area contributed by atoms with Crippen molar-refractivity contribution in [2.45, 2.75) is 24.7 Å². The van der Waals surface area contributed by atoms with Crippen molar-refractivity contribution in [1.82, 2.24) is 0 Å². The van der Waals surface area contributed by atoms with Gasteiger partial charge in [-0.3, -0.25) is 4.72 Å². The van der Waals surface area contributed by atoms with Crippen molar-refractivity contribution in [3.05, 3.63) is 53.6 Å². The highest BCUT2D eigenvalue weighted by atomic mass is 32.2. The number of anilines is 1. The molecule has 7 heteroatoms. The minimum absolute atomic E-state index is 0.0834. The molecule has 0 aliphatic carbocycles. The number of ether oxygens (including phenoxy) is 1. The number of methoxy groups -OCH3 is 1. The summed E-state index contributed by atoms with van der Waals surface area (Å²) >= 11 is 0. The zero-order valence-electron chi connectivity index (χ0n) is 12.9. The van der Waals surface area contributed by atoms with Crippen molar-refractivity contribution in [1.29, 1.82) is 0 Å². The van der Waals surface area contributed by atoms with E-state index in [1.165, 1.54) is 19.2 Å². The molecule has 0 fully saturated rings. The van der Waals surface area contributed by atoms with Crippen LogP contribution in [-0.2, 0) is 10.0 Å². The SMILES string of the molecule is COc1ccc(C(C)C)cc1S(=O)(=O)Nc1c(F)cccc1F. The van der Waals surface area contributed by atoms with Crippen molar-refractivity contribution >= 4 is 15.7 Å². The molecule has 1 N–H and O–H groups in total. The van der Waals surface area contributed by atoms with Crippen LogP contribution in [-0.4, -0.2) is 15.5 Å². The van der Waals surface area contributed by atoms with E-state index >= 15 is 0 Å². The summed E-state index contributed by atoms with van der Waals surface area (Å²) in [5.74, 6) is -1.81. The molecule has 4 nitrogen and oxygen atoms in total. The quantitative estimate of drug-likeness (QED) is 0.897. The normalized spacial score (nSPS) is 11.6. The van der Waals surface area contributed by atoms with E-state index < -0.39 is 27.3 Å². The van der Waals surface area contributed by atoms with Crippen molar-refractivity contribution in [3.63, 3.8) is 0 Å². The van der Waals surface area contributed by atoms with Crippen LogP contribution in [0.5, 0.6) is 5.75 Å². The molecule has 2 rings (SSSR count). The Labute approximate surface area is 134 Å². The molecule has 2 aromatic rings. The van der Waals surface area contributed by atoms with Crippen LogP contribution < -0.4 is 9.46 Å². The van der Waals surface area contributed by atoms with Gasteiger partial charge in [0.15, 0.2) is 0 Å². The lowest BCUT2D eigenvalue weighted by Gasteiger charge is -2.15. The lowest BCUT2D eigenvalue weighted by atomic mass is 10.0. The number of halogens is 2. The van der Waals surface area contributed by atoms with Gasteiger partial charge in [-0.1, -0.05) is 26.0 Å². The maximum atomic E-state index is 13.7. The Hall–Kier alpha value is -2.15. The first-order valence-electron chi connectivity index (χ1n) is 6.91. The number of benzene rings is 2. The number of para-hydroxylation sites is 1. The molecule has 0 aromatic heterocycles. The van der Waals surface area contributed by atoms with Crippen LogP contribution in [0.4, 0.5) is 14.5 Å².